The Balaban J connectivity index is 0.00000128. The third kappa shape index (κ3) is 2.91. The number of halogens is 1. The number of aromatic nitrogens is 3. The average Bonchev–Trinajstić information content (AvgIpc) is 2.58. The van der Waals surface area contributed by atoms with Gasteiger partial charge in [0, 0.05) is 12.3 Å². The van der Waals surface area contributed by atoms with E-state index in [0.29, 0.717) is 0 Å². The van der Waals surface area contributed by atoms with Crippen molar-refractivity contribution in [1.29, 1.82) is 0 Å². The highest BCUT2D eigenvalue weighted by Crippen LogP contribution is 2.01. The molecule has 0 aliphatic heterocycles. The zero-order valence-corrected chi connectivity index (χ0v) is 11.5. The molecule has 0 aliphatic rings. The zero-order valence-electron chi connectivity index (χ0n) is 9.34. The van der Waals surface area contributed by atoms with Crippen molar-refractivity contribution in [2.45, 2.75) is 0 Å². The minimum atomic E-state index is 0. The Kier molecular flexibility index (Phi) is 4.67. The van der Waals surface area contributed by atoms with Gasteiger partial charge in [-0.1, -0.05) is 6.07 Å². The summed E-state index contributed by atoms with van der Waals surface area (Å²) in [6.45, 7) is 0. The number of aryl methyl sites for hydroxylation is 2. The number of imidazole rings is 1. The highest BCUT2D eigenvalue weighted by Gasteiger charge is 2.05. The van der Waals surface area contributed by atoms with Gasteiger partial charge in [-0.15, -0.1) is 0 Å². The van der Waals surface area contributed by atoms with Crippen LogP contribution in [0.2, 0.25) is 0 Å². The summed E-state index contributed by atoms with van der Waals surface area (Å²) in [6.07, 6.45) is 9.92. The van der Waals surface area contributed by atoms with Gasteiger partial charge in [0.25, 0.3) is 5.82 Å². The first-order valence-electron chi connectivity index (χ1n) is 4.87. The zero-order chi connectivity index (χ0) is 10.7. The highest BCUT2D eigenvalue weighted by molar-refractivity contribution is 5.63. The van der Waals surface area contributed by atoms with Crippen molar-refractivity contribution in [2.24, 2.45) is 14.1 Å². The Morgan fingerprint density at radius 1 is 1.31 bits per heavy atom. The molecule has 0 atom stereocenters. The number of rotatable bonds is 2. The molecule has 0 N–H and O–H groups in total. The van der Waals surface area contributed by atoms with E-state index in [1.54, 1.807) is 6.20 Å². The van der Waals surface area contributed by atoms with Gasteiger partial charge in [0.15, 0.2) is 0 Å². The molecule has 0 aromatic carbocycles. The van der Waals surface area contributed by atoms with E-state index in [2.05, 4.69) is 20.2 Å². The minimum Gasteiger partial charge on any atom is -1.00 e. The summed E-state index contributed by atoms with van der Waals surface area (Å²) in [4.78, 5) is 4.23. The van der Waals surface area contributed by atoms with Crippen LogP contribution in [0.15, 0.2) is 36.8 Å². The second kappa shape index (κ2) is 5.79. The van der Waals surface area contributed by atoms with Gasteiger partial charge in [0.1, 0.15) is 12.4 Å². The van der Waals surface area contributed by atoms with Gasteiger partial charge in [-0.3, -0.25) is 4.98 Å². The Hall–Kier alpha value is -1.17. The lowest BCUT2D eigenvalue weighted by atomic mass is 10.3. The predicted octanol–water partition coefficient (Wildman–Crippen LogP) is -1.58. The Morgan fingerprint density at radius 3 is 2.69 bits per heavy atom. The lowest BCUT2D eigenvalue weighted by molar-refractivity contribution is -0.672. The highest BCUT2D eigenvalue weighted by atomic mass is 127. The van der Waals surface area contributed by atoms with Crippen LogP contribution in [0.3, 0.4) is 0 Å². The first-order chi connectivity index (χ1) is 7.27. The van der Waals surface area contributed by atoms with Crippen LogP contribution in [0.5, 0.6) is 0 Å². The molecule has 0 spiro atoms. The molecule has 2 rings (SSSR count). The van der Waals surface area contributed by atoms with Gasteiger partial charge < -0.3 is 24.0 Å². The molecular formula is C12H14IN3. The molecule has 84 valence electrons. The molecule has 2 aromatic heterocycles. The summed E-state index contributed by atoms with van der Waals surface area (Å²) in [5.74, 6) is 1.14. The second-order valence-corrected chi connectivity index (χ2v) is 3.47. The van der Waals surface area contributed by atoms with Crippen LogP contribution in [0.1, 0.15) is 11.5 Å². The normalized spacial score (nSPS) is 10.4. The molecule has 4 heteroatoms. The Labute approximate surface area is 112 Å². The van der Waals surface area contributed by atoms with Crippen LogP contribution in [0.25, 0.3) is 12.2 Å². The van der Waals surface area contributed by atoms with E-state index >= 15 is 0 Å². The van der Waals surface area contributed by atoms with Crippen LogP contribution < -0.4 is 28.5 Å². The van der Waals surface area contributed by atoms with Crippen LogP contribution in [-0.4, -0.2) is 9.55 Å². The lowest BCUT2D eigenvalue weighted by Gasteiger charge is -1.91. The molecule has 3 nitrogen and oxygen atoms in total. The average molecular weight is 327 g/mol. The van der Waals surface area contributed by atoms with Crippen LogP contribution >= 0.6 is 0 Å². The van der Waals surface area contributed by atoms with Crippen LogP contribution in [0.4, 0.5) is 0 Å². The predicted molar refractivity (Wildman–Crippen MR) is 59.8 cm³/mol. The molecule has 2 aromatic rings. The minimum absolute atomic E-state index is 0. The Bertz CT molecular complexity index is 455. The molecule has 16 heavy (non-hydrogen) atoms. The first kappa shape index (κ1) is 12.9. The number of pyridine rings is 1. The molecule has 2 heterocycles. The standard InChI is InChI=1S/C12H14N3.HI/c1-14-9-10-15(2)12(14)7-6-11-5-3-4-8-13-11;/h3-10H,1-2H3;1H/q+1;/p-1. The molecule has 0 saturated carbocycles. The maximum Gasteiger partial charge on any atom is 0.281 e. The van der Waals surface area contributed by atoms with E-state index in [4.69, 9.17) is 0 Å². The SMILES string of the molecule is Cn1cc[n+](C)c1C=Cc1ccccn1.[I-]. The van der Waals surface area contributed by atoms with Crippen molar-refractivity contribution in [3.8, 4) is 0 Å². The maximum absolute atomic E-state index is 4.23. The molecule has 0 amide bonds. The van der Waals surface area contributed by atoms with Crippen molar-refractivity contribution < 1.29 is 28.5 Å². The van der Waals surface area contributed by atoms with Crippen LogP contribution in [0, 0.1) is 0 Å². The topological polar surface area (TPSA) is 21.7 Å². The molecule has 0 radical (unpaired) electrons. The summed E-state index contributed by atoms with van der Waals surface area (Å²) in [7, 11) is 4.05. The van der Waals surface area contributed by atoms with Crippen molar-refractivity contribution in [3.63, 3.8) is 0 Å². The van der Waals surface area contributed by atoms with Crippen molar-refractivity contribution in [1.82, 2.24) is 9.55 Å². The molecule has 0 saturated heterocycles. The molecule has 0 unspecified atom stereocenters. The number of hydrogen-bond donors (Lipinski definition) is 0. The fraction of sp³-hybridized carbons (Fsp3) is 0.167. The van der Waals surface area contributed by atoms with E-state index < -0.39 is 0 Å². The van der Waals surface area contributed by atoms with Crippen molar-refractivity contribution >= 4 is 12.2 Å². The van der Waals surface area contributed by atoms with Gasteiger partial charge in [-0.25, -0.2) is 9.13 Å². The maximum atomic E-state index is 4.23. The smallest absolute Gasteiger partial charge is 0.281 e. The lowest BCUT2D eigenvalue weighted by Crippen LogP contribution is -3.00. The quantitative estimate of drug-likeness (QED) is 0.482. The van der Waals surface area contributed by atoms with Gasteiger partial charge in [-0.05, 0) is 18.2 Å². The molecular weight excluding hydrogens is 313 g/mol. The fourth-order valence-electron chi connectivity index (χ4n) is 1.47. The van der Waals surface area contributed by atoms with E-state index in [1.807, 2.05) is 50.8 Å². The van der Waals surface area contributed by atoms with E-state index in [9.17, 15) is 0 Å². The van der Waals surface area contributed by atoms with Gasteiger partial charge in [0.2, 0.25) is 0 Å². The second-order valence-electron chi connectivity index (χ2n) is 3.47. The van der Waals surface area contributed by atoms with Crippen molar-refractivity contribution in [3.05, 3.63) is 48.3 Å². The molecule has 0 aliphatic carbocycles. The summed E-state index contributed by atoms with van der Waals surface area (Å²) in [5.41, 5.74) is 0.971. The van der Waals surface area contributed by atoms with Gasteiger partial charge in [0.05, 0.1) is 19.8 Å². The van der Waals surface area contributed by atoms with E-state index in [-0.39, 0.29) is 24.0 Å². The third-order valence-electron chi connectivity index (χ3n) is 2.33. The summed E-state index contributed by atoms with van der Waals surface area (Å²) >= 11 is 0. The van der Waals surface area contributed by atoms with E-state index in [1.165, 1.54) is 0 Å². The first-order valence-corrected chi connectivity index (χ1v) is 4.87. The van der Waals surface area contributed by atoms with Crippen LogP contribution in [-0.2, 0) is 14.1 Å². The summed E-state index contributed by atoms with van der Waals surface area (Å²) < 4.78 is 4.14. The molecule has 0 bridgehead atoms. The monoisotopic (exact) mass is 327 g/mol. The molecule has 0 fully saturated rings. The van der Waals surface area contributed by atoms with Crippen molar-refractivity contribution in [2.75, 3.05) is 0 Å². The van der Waals surface area contributed by atoms with Gasteiger partial charge in [-0.2, -0.15) is 0 Å². The Morgan fingerprint density at radius 2 is 2.12 bits per heavy atom. The van der Waals surface area contributed by atoms with E-state index in [0.717, 1.165) is 11.5 Å². The third-order valence-corrected chi connectivity index (χ3v) is 2.33. The number of hydrogen-bond acceptors (Lipinski definition) is 1. The number of nitrogens with zero attached hydrogens (tertiary/aromatic N) is 3. The largest absolute Gasteiger partial charge is 1.00 e. The summed E-state index contributed by atoms with van der Waals surface area (Å²) in [5, 5.41) is 0. The summed E-state index contributed by atoms with van der Waals surface area (Å²) in [6, 6.07) is 5.89. The fourth-order valence-corrected chi connectivity index (χ4v) is 1.47. The van der Waals surface area contributed by atoms with Gasteiger partial charge >= 0.3 is 0 Å².